The Kier molecular flexibility index (Phi) is 4.69. The van der Waals surface area contributed by atoms with Crippen LogP contribution in [-0.4, -0.2) is 4.98 Å². The molecular formula is C38H28N2. The molecule has 40 heavy (non-hydrogen) atoms. The Morgan fingerprint density at radius 2 is 1.32 bits per heavy atom. The van der Waals surface area contributed by atoms with Gasteiger partial charge < -0.3 is 10.7 Å². The molecular weight excluding hydrogens is 484 g/mol. The molecule has 0 saturated carbocycles. The van der Waals surface area contributed by atoms with Crippen LogP contribution in [0.4, 0.5) is 5.69 Å². The molecule has 5 aromatic carbocycles. The summed E-state index contributed by atoms with van der Waals surface area (Å²) in [6, 6.07) is 35.6. The van der Waals surface area contributed by atoms with Crippen LogP contribution < -0.4 is 5.73 Å². The third-order valence-electron chi connectivity index (χ3n) is 8.83. The lowest BCUT2D eigenvalue weighted by Gasteiger charge is -2.31. The van der Waals surface area contributed by atoms with E-state index in [0.29, 0.717) is 0 Å². The number of hydrogen-bond acceptors (Lipinski definition) is 1. The van der Waals surface area contributed by atoms with Crippen molar-refractivity contribution in [2.75, 3.05) is 5.73 Å². The summed E-state index contributed by atoms with van der Waals surface area (Å²) in [7, 11) is 0. The van der Waals surface area contributed by atoms with Crippen molar-refractivity contribution >= 4 is 33.1 Å². The molecule has 0 atom stereocenters. The van der Waals surface area contributed by atoms with E-state index < -0.39 is 5.41 Å². The molecule has 0 amide bonds. The van der Waals surface area contributed by atoms with Crippen molar-refractivity contribution in [3.8, 4) is 22.3 Å². The Balaban J connectivity index is 1.52. The zero-order chi connectivity index (χ0) is 27.0. The third kappa shape index (κ3) is 2.83. The van der Waals surface area contributed by atoms with Gasteiger partial charge in [-0.25, -0.2) is 0 Å². The van der Waals surface area contributed by atoms with Gasteiger partial charge in [0.15, 0.2) is 0 Å². The van der Waals surface area contributed by atoms with Gasteiger partial charge in [-0.1, -0.05) is 97.6 Å². The van der Waals surface area contributed by atoms with Crippen molar-refractivity contribution < 1.29 is 0 Å². The molecule has 0 saturated heterocycles. The van der Waals surface area contributed by atoms with E-state index in [9.17, 15) is 0 Å². The molecule has 2 aliphatic rings. The quantitative estimate of drug-likeness (QED) is 0.180. The fourth-order valence-corrected chi connectivity index (χ4v) is 7.19. The van der Waals surface area contributed by atoms with Gasteiger partial charge in [0.25, 0.3) is 0 Å². The summed E-state index contributed by atoms with van der Waals surface area (Å²) in [4.78, 5) is 3.67. The first-order valence-electron chi connectivity index (χ1n) is 13.8. The van der Waals surface area contributed by atoms with Crippen molar-refractivity contribution in [1.29, 1.82) is 0 Å². The van der Waals surface area contributed by atoms with Gasteiger partial charge in [0.2, 0.25) is 0 Å². The molecule has 8 rings (SSSR count). The molecule has 2 nitrogen and oxygen atoms in total. The molecule has 2 heteroatoms. The number of fused-ring (bicyclic) bond motifs is 13. The van der Waals surface area contributed by atoms with E-state index in [0.717, 1.165) is 27.9 Å². The lowest BCUT2D eigenvalue weighted by atomic mass is 9.70. The number of nitrogen functional groups attached to an aromatic ring is 1. The number of H-pyrrole nitrogens is 1. The number of allylic oxidation sites excluding steroid dienone is 5. The smallest absolute Gasteiger partial charge is 0.0726 e. The van der Waals surface area contributed by atoms with Crippen LogP contribution in [-0.2, 0) is 5.41 Å². The summed E-state index contributed by atoms with van der Waals surface area (Å²) in [5.41, 5.74) is 21.5. The second-order valence-electron chi connectivity index (χ2n) is 10.9. The van der Waals surface area contributed by atoms with Crippen LogP contribution >= 0.6 is 0 Å². The minimum Gasteiger partial charge on any atom is -0.398 e. The second-order valence-corrected chi connectivity index (χ2v) is 10.9. The minimum absolute atomic E-state index is 0.444. The molecule has 0 aliphatic heterocycles. The van der Waals surface area contributed by atoms with Crippen LogP contribution in [0.3, 0.4) is 0 Å². The zero-order valence-corrected chi connectivity index (χ0v) is 22.3. The zero-order valence-electron chi connectivity index (χ0n) is 22.3. The van der Waals surface area contributed by atoms with Gasteiger partial charge in [-0.2, -0.15) is 0 Å². The molecule has 0 radical (unpaired) electrons. The highest BCUT2D eigenvalue weighted by molar-refractivity contribution is 6.11. The van der Waals surface area contributed by atoms with E-state index in [1.54, 1.807) is 0 Å². The Morgan fingerprint density at radius 1 is 0.675 bits per heavy atom. The monoisotopic (exact) mass is 512 g/mol. The number of benzene rings is 5. The number of nitrogens with two attached hydrogens (primary N) is 1. The topological polar surface area (TPSA) is 41.8 Å². The van der Waals surface area contributed by atoms with Crippen molar-refractivity contribution in [2.45, 2.75) is 12.3 Å². The Hall–Kier alpha value is -5.08. The standard InChI is InChI=1S/C38H28N2/c1-3-4-5-12-23(2)27-19-33-28(21-35(27)39)29-22-37-30(26-15-8-11-18-36(26)40-37)20-34(29)38(33)31-16-9-6-13-24(31)25-14-7-10-17-32(25)38/h3-22,40H,2,39H2,1H3/b4-3-,12-5-. The first-order valence-corrected chi connectivity index (χ1v) is 13.8. The number of hydrogen-bond donors (Lipinski definition) is 2. The van der Waals surface area contributed by atoms with Gasteiger partial charge >= 0.3 is 0 Å². The minimum atomic E-state index is -0.444. The number of aromatic nitrogens is 1. The summed E-state index contributed by atoms with van der Waals surface area (Å²) < 4.78 is 0. The predicted octanol–water partition coefficient (Wildman–Crippen LogP) is 9.39. The summed E-state index contributed by atoms with van der Waals surface area (Å²) in [5, 5.41) is 2.49. The van der Waals surface area contributed by atoms with Crippen LogP contribution in [0.15, 0.2) is 128 Å². The van der Waals surface area contributed by atoms with Crippen molar-refractivity contribution in [3.05, 3.63) is 156 Å². The van der Waals surface area contributed by atoms with Gasteiger partial charge in [-0.05, 0) is 87.3 Å². The van der Waals surface area contributed by atoms with Crippen molar-refractivity contribution in [1.82, 2.24) is 4.98 Å². The van der Waals surface area contributed by atoms with Gasteiger partial charge in [0, 0.05) is 33.1 Å². The van der Waals surface area contributed by atoms with Crippen LogP contribution in [0.5, 0.6) is 0 Å². The number of para-hydroxylation sites is 1. The number of anilines is 1. The maximum atomic E-state index is 6.79. The molecule has 6 aromatic rings. The Bertz CT molecular complexity index is 2050. The van der Waals surface area contributed by atoms with Crippen LogP contribution in [0.25, 0.3) is 49.6 Å². The molecule has 1 heterocycles. The normalized spacial score (nSPS) is 14.3. The van der Waals surface area contributed by atoms with Gasteiger partial charge in [-0.15, -0.1) is 0 Å². The van der Waals surface area contributed by atoms with Gasteiger partial charge in [-0.3, -0.25) is 0 Å². The van der Waals surface area contributed by atoms with Crippen LogP contribution in [0.1, 0.15) is 34.7 Å². The lowest BCUT2D eigenvalue weighted by Crippen LogP contribution is -2.26. The van der Waals surface area contributed by atoms with Crippen LogP contribution in [0.2, 0.25) is 0 Å². The average molecular weight is 513 g/mol. The molecule has 3 N–H and O–H groups in total. The van der Waals surface area contributed by atoms with E-state index >= 15 is 0 Å². The number of nitrogens with one attached hydrogen (secondary N) is 1. The molecule has 1 spiro atoms. The molecule has 190 valence electrons. The van der Waals surface area contributed by atoms with Gasteiger partial charge in [0.05, 0.1) is 5.41 Å². The summed E-state index contributed by atoms with van der Waals surface area (Å²) >= 11 is 0. The number of aromatic amines is 1. The molecule has 0 bridgehead atoms. The van der Waals surface area contributed by atoms with E-state index in [4.69, 9.17) is 5.73 Å². The fraction of sp³-hybridized carbons (Fsp3) is 0.0526. The van der Waals surface area contributed by atoms with E-state index in [1.807, 2.05) is 31.2 Å². The Labute approximate surface area is 233 Å². The third-order valence-corrected chi connectivity index (χ3v) is 8.83. The SMILES string of the molecule is C=C(/C=C\C=C/C)c1cc2c(cc1N)-c1cc3[nH]c4ccccc4c3cc1C21c2ccccc2-c2ccccc21. The summed E-state index contributed by atoms with van der Waals surface area (Å²) in [6.45, 7) is 6.41. The van der Waals surface area contributed by atoms with E-state index in [2.05, 4.69) is 109 Å². The maximum absolute atomic E-state index is 6.79. The molecule has 0 fully saturated rings. The van der Waals surface area contributed by atoms with E-state index in [1.165, 1.54) is 55.3 Å². The lowest BCUT2D eigenvalue weighted by molar-refractivity contribution is 0.795. The summed E-state index contributed by atoms with van der Waals surface area (Å²) in [5.74, 6) is 0. The highest BCUT2D eigenvalue weighted by Crippen LogP contribution is 2.63. The largest absolute Gasteiger partial charge is 0.398 e. The predicted molar refractivity (Wildman–Crippen MR) is 170 cm³/mol. The summed E-state index contributed by atoms with van der Waals surface area (Å²) in [6.07, 6.45) is 8.09. The van der Waals surface area contributed by atoms with Crippen molar-refractivity contribution in [2.24, 2.45) is 0 Å². The molecule has 0 unspecified atom stereocenters. The highest BCUT2D eigenvalue weighted by Gasteiger charge is 2.52. The first-order chi connectivity index (χ1) is 19.6. The number of rotatable bonds is 3. The molecule has 1 aromatic heterocycles. The first kappa shape index (κ1) is 22.9. The molecule has 2 aliphatic carbocycles. The second kappa shape index (κ2) is 8.21. The maximum Gasteiger partial charge on any atom is 0.0726 e. The van der Waals surface area contributed by atoms with Crippen LogP contribution in [0, 0.1) is 0 Å². The Morgan fingerprint density at radius 3 is 2.08 bits per heavy atom. The van der Waals surface area contributed by atoms with E-state index in [-0.39, 0.29) is 0 Å². The van der Waals surface area contributed by atoms with Crippen molar-refractivity contribution in [3.63, 3.8) is 0 Å². The van der Waals surface area contributed by atoms with Gasteiger partial charge in [0.1, 0.15) is 0 Å². The fourth-order valence-electron chi connectivity index (χ4n) is 7.19. The highest BCUT2D eigenvalue weighted by atomic mass is 14.7. The average Bonchev–Trinajstić information content (AvgIpc) is 3.59.